The minimum absolute atomic E-state index is 0.00297. The summed E-state index contributed by atoms with van der Waals surface area (Å²) in [6.45, 7) is 13.5. The third-order valence-electron chi connectivity index (χ3n) is 6.82. The molecule has 234 valence electrons. The van der Waals surface area contributed by atoms with Crippen LogP contribution in [-0.4, -0.2) is 60.1 Å². The van der Waals surface area contributed by atoms with Crippen LogP contribution in [-0.2, 0) is 23.9 Å². The monoisotopic (exact) mass is 585 g/mol. The van der Waals surface area contributed by atoms with Gasteiger partial charge in [-0.25, -0.2) is 4.79 Å². The number of esters is 1. The van der Waals surface area contributed by atoms with Gasteiger partial charge in [0.2, 0.25) is 11.8 Å². The molecule has 0 saturated carbocycles. The lowest BCUT2D eigenvalue weighted by atomic mass is 9.95. The lowest BCUT2D eigenvalue weighted by Gasteiger charge is -2.36. The first-order valence-corrected chi connectivity index (χ1v) is 15.2. The normalized spacial score (nSPS) is 13.2. The molecule has 1 aromatic carbocycles. The standard InChI is InChI=1S/C33H51N3O6/c1-9-13-14-15-16-23-36(31(39)28(24(5)10-2)35-32(40)42-33(6,7)8)29(26-19-17-25(11-3)18-20-26)30(38)34-22-21-27(37)41-12-4/h3,17-20,24,28-29H,9-10,12-16,21-23H2,1-2,4-8H3,(H,34,38)(H,35,40). The fourth-order valence-electron chi connectivity index (χ4n) is 4.40. The van der Waals surface area contributed by atoms with Gasteiger partial charge in [-0.15, -0.1) is 6.42 Å². The molecule has 0 aliphatic carbocycles. The van der Waals surface area contributed by atoms with E-state index >= 15 is 0 Å². The molecular formula is C33H51N3O6. The highest BCUT2D eigenvalue weighted by Gasteiger charge is 2.38. The minimum Gasteiger partial charge on any atom is -0.466 e. The number of nitrogens with zero attached hydrogens (tertiary/aromatic N) is 1. The molecule has 9 nitrogen and oxygen atoms in total. The number of hydrogen-bond donors (Lipinski definition) is 2. The summed E-state index contributed by atoms with van der Waals surface area (Å²) in [6, 6.07) is 5.00. The Labute approximate surface area is 252 Å². The van der Waals surface area contributed by atoms with Crippen molar-refractivity contribution in [2.45, 2.75) is 111 Å². The van der Waals surface area contributed by atoms with Gasteiger partial charge in [-0.05, 0) is 57.7 Å². The van der Waals surface area contributed by atoms with Gasteiger partial charge in [0.15, 0.2) is 0 Å². The van der Waals surface area contributed by atoms with Gasteiger partial charge in [-0.1, -0.05) is 70.9 Å². The van der Waals surface area contributed by atoms with E-state index in [0.717, 1.165) is 25.7 Å². The van der Waals surface area contributed by atoms with Crippen molar-refractivity contribution < 1.29 is 28.7 Å². The quantitative estimate of drug-likeness (QED) is 0.141. The van der Waals surface area contributed by atoms with E-state index in [1.165, 1.54) is 0 Å². The number of unbranched alkanes of at least 4 members (excludes halogenated alkanes) is 4. The Morgan fingerprint density at radius 1 is 1.00 bits per heavy atom. The Kier molecular flexibility index (Phi) is 16.3. The van der Waals surface area contributed by atoms with Crippen LogP contribution in [0.5, 0.6) is 0 Å². The fourth-order valence-corrected chi connectivity index (χ4v) is 4.40. The summed E-state index contributed by atoms with van der Waals surface area (Å²) in [7, 11) is 0. The summed E-state index contributed by atoms with van der Waals surface area (Å²) in [5.74, 6) is 1.11. The highest BCUT2D eigenvalue weighted by Crippen LogP contribution is 2.26. The molecule has 0 spiro atoms. The summed E-state index contributed by atoms with van der Waals surface area (Å²) < 4.78 is 10.5. The molecule has 0 heterocycles. The molecule has 0 fully saturated rings. The van der Waals surface area contributed by atoms with Crippen LogP contribution in [0.1, 0.15) is 111 Å². The van der Waals surface area contributed by atoms with E-state index in [9.17, 15) is 19.2 Å². The second kappa shape index (κ2) is 18.8. The van der Waals surface area contributed by atoms with Gasteiger partial charge in [0.1, 0.15) is 17.7 Å². The van der Waals surface area contributed by atoms with Crippen LogP contribution in [0.2, 0.25) is 0 Å². The van der Waals surface area contributed by atoms with E-state index in [1.807, 2.05) is 13.8 Å². The van der Waals surface area contributed by atoms with Crippen LogP contribution in [0, 0.1) is 18.3 Å². The SMILES string of the molecule is C#Cc1ccc(C(C(=O)NCCC(=O)OCC)N(CCCCCCC)C(=O)C(NC(=O)OC(C)(C)C)C(C)CC)cc1. The third-order valence-corrected chi connectivity index (χ3v) is 6.82. The average Bonchev–Trinajstić information content (AvgIpc) is 2.93. The second-order valence-electron chi connectivity index (χ2n) is 11.5. The number of hydrogen-bond acceptors (Lipinski definition) is 6. The van der Waals surface area contributed by atoms with E-state index in [0.29, 0.717) is 30.5 Å². The van der Waals surface area contributed by atoms with Gasteiger partial charge in [0, 0.05) is 18.7 Å². The Morgan fingerprint density at radius 2 is 1.64 bits per heavy atom. The first-order valence-electron chi connectivity index (χ1n) is 15.2. The van der Waals surface area contributed by atoms with Crippen LogP contribution >= 0.6 is 0 Å². The van der Waals surface area contributed by atoms with Crippen molar-refractivity contribution in [2.75, 3.05) is 19.7 Å². The van der Waals surface area contributed by atoms with Crippen molar-refractivity contribution in [3.8, 4) is 12.3 Å². The van der Waals surface area contributed by atoms with Crippen LogP contribution < -0.4 is 10.6 Å². The molecular weight excluding hydrogens is 534 g/mol. The Bertz CT molecular complexity index is 1040. The number of alkyl carbamates (subject to hydrolysis) is 1. The lowest BCUT2D eigenvalue weighted by molar-refractivity contribution is -0.145. The number of carbonyl (C=O) groups excluding carboxylic acids is 4. The summed E-state index contributed by atoms with van der Waals surface area (Å²) in [5, 5.41) is 5.59. The van der Waals surface area contributed by atoms with Gasteiger partial charge >= 0.3 is 12.1 Å². The molecule has 42 heavy (non-hydrogen) atoms. The zero-order valence-electron chi connectivity index (χ0n) is 26.6. The van der Waals surface area contributed by atoms with Crippen molar-refractivity contribution in [2.24, 2.45) is 5.92 Å². The number of benzene rings is 1. The van der Waals surface area contributed by atoms with Crippen molar-refractivity contribution in [3.05, 3.63) is 35.4 Å². The van der Waals surface area contributed by atoms with E-state index in [4.69, 9.17) is 15.9 Å². The van der Waals surface area contributed by atoms with Crippen LogP contribution in [0.3, 0.4) is 0 Å². The number of amides is 3. The average molecular weight is 586 g/mol. The largest absolute Gasteiger partial charge is 0.466 e. The molecule has 3 atom stereocenters. The lowest BCUT2D eigenvalue weighted by Crippen LogP contribution is -2.55. The summed E-state index contributed by atoms with van der Waals surface area (Å²) in [6.07, 6.45) is 10.2. The van der Waals surface area contributed by atoms with Crippen molar-refractivity contribution >= 4 is 23.9 Å². The zero-order valence-corrected chi connectivity index (χ0v) is 26.6. The molecule has 0 aliphatic rings. The molecule has 3 amide bonds. The Balaban J connectivity index is 3.49. The van der Waals surface area contributed by atoms with Gasteiger partial charge in [-0.3, -0.25) is 14.4 Å². The Morgan fingerprint density at radius 3 is 2.19 bits per heavy atom. The van der Waals surface area contributed by atoms with Gasteiger partial charge < -0.3 is 25.0 Å². The van der Waals surface area contributed by atoms with E-state index in [-0.39, 0.29) is 31.4 Å². The highest BCUT2D eigenvalue weighted by molar-refractivity contribution is 5.92. The number of nitrogens with one attached hydrogen (secondary N) is 2. The highest BCUT2D eigenvalue weighted by atomic mass is 16.6. The predicted octanol–water partition coefficient (Wildman–Crippen LogP) is 5.52. The number of terminal acetylenes is 1. The van der Waals surface area contributed by atoms with Crippen LogP contribution in [0.25, 0.3) is 0 Å². The molecule has 2 N–H and O–H groups in total. The maximum atomic E-state index is 14.3. The van der Waals surface area contributed by atoms with Gasteiger partial charge in [-0.2, -0.15) is 0 Å². The Hall–Kier alpha value is -3.54. The van der Waals surface area contributed by atoms with Gasteiger partial charge in [0.05, 0.1) is 13.0 Å². The number of rotatable bonds is 17. The smallest absolute Gasteiger partial charge is 0.408 e. The van der Waals surface area contributed by atoms with Crippen LogP contribution in [0.15, 0.2) is 24.3 Å². The number of carbonyl (C=O) groups is 4. The molecule has 9 heteroatoms. The van der Waals surface area contributed by atoms with E-state index in [1.54, 1.807) is 56.9 Å². The second-order valence-corrected chi connectivity index (χ2v) is 11.5. The molecule has 0 aliphatic heterocycles. The van der Waals surface area contributed by atoms with E-state index in [2.05, 4.69) is 23.5 Å². The molecule has 1 aromatic rings. The fraction of sp³-hybridized carbons (Fsp3) is 0.636. The molecule has 1 rings (SSSR count). The first-order chi connectivity index (χ1) is 19.9. The minimum atomic E-state index is -1.01. The third kappa shape index (κ3) is 13.0. The summed E-state index contributed by atoms with van der Waals surface area (Å²) in [4.78, 5) is 54.4. The van der Waals surface area contributed by atoms with Crippen molar-refractivity contribution in [1.29, 1.82) is 0 Å². The molecule has 0 radical (unpaired) electrons. The predicted molar refractivity (Wildman–Crippen MR) is 164 cm³/mol. The van der Waals surface area contributed by atoms with Crippen LogP contribution in [0.4, 0.5) is 4.79 Å². The zero-order chi connectivity index (χ0) is 31.7. The maximum absolute atomic E-state index is 14.3. The number of ether oxygens (including phenoxy) is 2. The molecule has 0 aromatic heterocycles. The van der Waals surface area contributed by atoms with Gasteiger partial charge in [0.25, 0.3) is 0 Å². The molecule has 0 bridgehead atoms. The summed E-state index contributed by atoms with van der Waals surface area (Å²) in [5.41, 5.74) is 0.470. The summed E-state index contributed by atoms with van der Waals surface area (Å²) >= 11 is 0. The first kappa shape index (κ1) is 36.5. The topological polar surface area (TPSA) is 114 Å². The maximum Gasteiger partial charge on any atom is 0.408 e. The van der Waals surface area contributed by atoms with Crippen molar-refractivity contribution in [3.63, 3.8) is 0 Å². The van der Waals surface area contributed by atoms with Crippen molar-refractivity contribution in [1.82, 2.24) is 15.5 Å². The van der Waals surface area contributed by atoms with E-state index < -0.39 is 35.7 Å². The molecule has 3 unspecified atom stereocenters. The molecule has 0 saturated heterocycles.